The van der Waals surface area contributed by atoms with Crippen molar-refractivity contribution in [2.24, 2.45) is 5.41 Å². The predicted octanol–water partition coefficient (Wildman–Crippen LogP) is 2.24. The zero-order valence-electron chi connectivity index (χ0n) is 8.20. The normalized spacial score (nSPS) is 26.5. The fraction of sp³-hybridized carbons (Fsp3) is 0.364. The first-order chi connectivity index (χ1) is 6.08. The van der Waals surface area contributed by atoms with Gasteiger partial charge in [-0.1, -0.05) is 36.0 Å². The number of ether oxygens (including phenoxy) is 1. The van der Waals surface area contributed by atoms with Gasteiger partial charge in [0.15, 0.2) is 0 Å². The van der Waals surface area contributed by atoms with Crippen LogP contribution < -0.4 is 0 Å². The lowest BCUT2D eigenvalue weighted by Gasteiger charge is -2.18. The van der Waals surface area contributed by atoms with Crippen LogP contribution in [0.15, 0.2) is 36.0 Å². The van der Waals surface area contributed by atoms with Crippen LogP contribution >= 0.6 is 0 Å². The van der Waals surface area contributed by atoms with Gasteiger partial charge in [0.05, 0.1) is 7.11 Å². The van der Waals surface area contributed by atoms with E-state index >= 15 is 0 Å². The molecule has 0 aliphatic heterocycles. The van der Waals surface area contributed by atoms with Crippen LogP contribution in [0, 0.1) is 5.41 Å². The smallest absolute Gasteiger partial charge is 0.319 e. The molecule has 13 heavy (non-hydrogen) atoms. The second-order valence-electron chi connectivity index (χ2n) is 3.38. The Balaban J connectivity index is 3.03. The lowest BCUT2D eigenvalue weighted by Crippen LogP contribution is -2.24. The lowest BCUT2D eigenvalue weighted by atomic mass is 9.89. The minimum absolute atomic E-state index is 0.230. The second kappa shape index (κ2) is 3.60. The molecule has 70 valence electrons. The monoisotopic (exact) mass is 178 g/mol. The largest absolute Gasteiger partial charge is 0.468 e. The van der Waals surface area contributed by atoms with Gasteiger partial charge < -0.3 is 4.74 Å². The molecule has 0 N–H and O–H groups in total. The molecule has 0 spiro atoms. The summed E-state index contributed by atoms with van der Waals surface area (Å²) in [7, 11) is 1.41. The van der Waals surface area contributed by atoms with E-state index in [0.717, 1.165) is 5.57 Å². The molecular formula is C11H14O2. The topological polar surface area (TPSA) is 26.3 Å². The number of allylic oxidation sites excluding steroid dienone is 4. The number of esters is 1. The standard InChI is InChI=1S/C11H14O2/c1-9-6-4-5-7-11(2,8-9)10(12)13-3/h4-8H,1-3H3. The van der Waals surface area contributed by atoms with Crippen molar-refractivity contribution in [3.8, 4) is 0 Å². The van der Waals surface area contributed by atoms with Crippen LogP contribution in [0.1, 0.15) is 13.8 Å². The maximum atomic E-state index is 11.4. The van der Waals surface area contributed by atoms with Gasteiger partial charge in [-0.2, -0.15) is 0 Å². The first-order valence-electron chi connectivity index (χ1n) is 4.22. The van der Waals surface area contributed by atoms with E-state index in [1.165, 1.54) is 7.11 Å². The summed E-state index contributed by atoms with van der Waals surface area (Å²) < 4.78 is 4.73. The minimum atomic E-state index is -0.623. The van der Waals surface area contributed by atoms with Crippen molar-refractivity contribution in [3.05, 3.63) is 36.0 Å². The van der Waals surface area contributed by atoms with E-state index in [4.69, 9.17) is 4.74 Å². The molecule has 0 heterocycles. The van der Waals surface area contributed by atoms with Gasteiger partial charge >= 0.3 is 5.97 Å². The molecule has 0 aromatic heterocycles. The SMILES string of the molecule is COC(=O)C1(C)C=CC=CC(C)=C1. The fourth-order valence-electron chi connectivity index (χ4n) is 1.38. The number of carbonyl (C=O) groups excluding carboxylic acids is 1. The molecule has 0 saturated carbocycles. The Bertz CT molecular complexity index is 297. The van der Waals surface area contributed by atoms with Crippen LogP contribution in [-0.4, -0.2) is 13.1 Å². The molecule has 0 saturated heterocycles. The third-order valence-corrected chi connectivity index (χ3v) is 2.07. The molecule has 1 unspecified atom stereocenters. The van der Waals surface area contributed by atoms with Gasteiger partial charge in [0.25, 0.3) is 0 Å². The number of methoxy groups -OCH3 is 1. The molecule has 0 radical (unpaired) electrons. The van der Waals surface area contributed by atoms with Gasteiger partial charge in [0.2, 0.25) is 0 Å². The number of carbonyl (C=O) groups is 1. The Kier molecular flexibility index (Phi) is 2.71. The number of hydrogen-bond donors (Lipinski definition) is 0. The quantitative estimate of drug-likeness (QED) is 0.575. The van der Waals surface area contributed by atoms with E-state index in [2.05, 4.69) is 0 Å². The highest BCUT2D eigenvalue weighted by atomic mass is 16.5. The van der Waals surface area contributed by atoms with Gasteiger partial charge in [0.1, 0.15) is 5.41 Å². The predicted molar refractivity (Wildman–Crippen MR) is 52.2 cm³/mol. The summed E-state index contributed by atoms with van der Waals surface area (Å²) in [4.78, 5) is 11.4. The van der Waals surface area contributed by atoms with Crippen molar-refractivity contribution in [3.63, 3.8) is 0 Å². The Morgan fingerprint density at radius 1 is 1.46 bits per heavy atom. The average molecular weight is 178 g/mol. The summed E-state index contributed by atoms with van der Waals surface area (Å²) >= 11 is 0. The lowest BCUT2D eigenvalue weighted by molar-refractivity contribution is -0.146. The van der Waals surface area contributed by atoms with E-state index in [0.29, 0.717) is 0 Å². The summed E-state index contributed by atoms with van der Waals surface area (Å²) in [6, 6.07) is 0. The molecule has 0 amide bonds. The molecule has 0 bridgehead atoms. The summed E-state index contributed by atoms with van der Waals surface area (Å²) in [6.07, 6.45) is 9.49. The van der Waals surface area contributed by atoms with Gasteiger partial charge in [-0.25, -0.2) is 0 Å². The molecule has 1 rings (SSSR count). The zero-order valence-corrected chi connectivity index (χ0v) is 8.20. The second-order valence-corrected chi connectivity index (χ2v) is 3.38. The molecule has 2 nitrogen and oxygen atoms in total. The Morgan fingerprint density at radius 2 is 2.15 bits per heavy atom. The van der Waals surface area contributed by atoms with E-state index < -0.39 is 5.41 Å². The van der Waals surface area contributed by atoms with Crippen molar-refractivity contribution >= 4 is 5.97 Å². The van der Waals surface area contributed by atoms with Crippen LogP contribution in [-0.2, 0) is 9.53 Å². The molecule has 0 aromatic rings. The average Bonchev–Trinajstić information content (AvgIpc) is 2.26. The molecule has 0 aromatic carbocycles. The van der Waals surface area contributed by atoms with Gasteiger partial charge in [0, 0.05) is 0 Å². The Hall–Kier alpha value is -1.31. The highest BCUT2D eigenvalue weighted by molar-refractivity contribution is 5.81. The van der Waals surface area contributed by atoms with Crippen molar-refractivity contribution in [1.82, 2.24) is 0 Å². The highest BCUT2D eigenvalue weighted by Gasteiger charge is 2.29. The Morgan fingerprint density at radius 3 is 2.77 bits per heavy atom. The van der Waals surface area contributed by atoms with Gasteiger partial charge in [-0.3, -0.25) is 4.79 Å². The first kappa shape index (κ1) is 9.78. The van der Waals surface area contributed by atoms with Gasteiger partial charge in [-0.15, -0.1) is 0 Å². The van der Waals surface area contributed by atoms with Crippen molar-refractivity contribution in [2.75, 3.05) is 7.11 Å². The summed E-state index contributed by atoms with van der Waals surface area (Å²) in [5.74, 6) is -0.230. The van der Waals surface area contributed by atoms with E-state index in [1.54, 1.807) is 0 Å². The van der Waals surface area contributed by atoms with Crippen LogP contribution in [0.3, 0.4) is 0 Å². The van der Waals surface area contributed by atoms with E-state index in [1.807, 2.05) is 44.2 Å². The third-order valence-electron chi connectivity index (χ3n) is 2.07. The summed E-state index contributed by atoms with van der Waals surface area (Å²) in [5, 5.41) is 0. The molecule has 0 fully saturated rings. The molecule has 1 atom stereocenters. The minimum Gasteiger partial charge on any atom is -0.468 e. The van der Waals surface area contributed by atoms with Gasteiger partial charge in [-0.05, 0) is 13.8 Å². The maximum absolute atomic E-state index is 11.4. The summed E-state index contributed by atoms with van der Waals surface area (Å²) in [5.41, 5.74) is 0.445. The van der Waals surface area contributed by atoms with Crippen LogP contribution in [0.25, 0.3) is 0 Å². The highest BCUT2D eigenvalue weighted by Crippen LogP contribution is 2.26. The molecule has 1 aliphatic rings. The van der Waals surface area contributed by atoms with E-state index in [-0.39, 0.29) is 5.97 Å². The fourth-order valence-corrected chi connectivity index (χ4v) is 1.38. The third kappa shape index (κ3) is 2.08. The van der Waals surface area contributed by atoms with Crippen LogP contribution in [0.5, 0.6) is 0 Å². The van der Waals surface area contributed by atoms with Crippen molar-refractivity contribution < 1.29 is 9.53 Å². The maximum Gasteiger partial charge on any atom is 0.319 e. The summed E-state index contributed by atoms with van der Waals surface area (Å²) in [6.45, 7) is 3.80. The first-order valence-corrected chi connectivity index (χ1v) is 4.22. The molecular weight excluding hydrogens is 164 g/mol. The number of rotatable bonds is 1. The van der Waals surface area contributed by atoms with Crippen molar-refractivity contribution in [1.29, 1.82) is 0 Å². The van der Waals surface area contributed by atoms with Crippen LogP contribution in [0.4, 0.5) is 0 Å². The molecule has 2 heteroatoms. The molecule has 1 aliphatic carbocycles. The van der Waals surface area contributed by atoms with Crippen LogP contribution in [0.2, 0.25) is 0 Å². The Labute approximate surface area is 78.6 Å². The van der Waals surface area contributed by atoms with Crippen molar-refractivity contribution in [2.45, 2.75) is 13.8 Å². The zero-order chi connectivity index (χ0) is 9.90. The number of hydrogen-bond acceptors (Lipinski definition) is 2. The van der Waals surface area contributed by atoms with E-state index in [9.17, 15) is 4.79 Å².